The molecule has 1 aromatic rings. The van der Waals surface area contributed by atoms with E-state index in [0.29, 0.717) is 32.7 Å². The van der Waals surface area contributed by atoms with Crippen molar-refractivity contribution in [3.63, 3.8) is 0 Å². The third-order valence-corrected chi connectivity index (χ3v) is 6.07. The number of nitrogens with zero attached hydrogens (tertiary/aromatic N) is 1. The Labute approximate surface area is 141 Å². The zero-order chi connectivity index (χ0) is 16.9. The van der Waals surface area contributed by atoms with Gasteiger partial charge in [0.2, 0.25) is 10.0 Å². The maximum atomic E-state index is 12.6. The molecule has 0 unspecified atom stereocenters. The topological polar surface area (TPSA) is 75.7 Å². The van der Waals surface area contributed by atoms with E-state index in [1.54, 1.807) is 7.11 Å². The van der Waals surface area contributed by atoms with E-state index in [9.17, 15) is 13.2 Å². The van der Waals surface area contributed by atoms with E-state index in [-0.39, 0.29) is 21.4 Å². The summed E-state index contributed by atoms with van der Waals surface area (Å²) < 4.78 is 31.6. The van der Waals surface area contributed by atoms with Gasteiger partial charge in [-0.25, -0.2) is 8.42 Å². The van der Waals surface area contributed by atoms with Gasteiger partial charge in [-0.2, -0.15) is 4.31 Å². The van der Waals surface area contributed by atoms with E-state index in [4.69, 9.17) is 16.3 Å². The van der Waals surface area contributed by atoms with E-state index in [1.807, 2.05) is 0 Å². The van der Waals surface area contributed by atoms with Gasteiger partial charge in [0.25, 0.3) is 5.91 Å². The van der Waals surface area contributed by atoms with Crippen LogP contribution < -0.4 is 5.32 Å². The number of methoxy groups -OCH3 is 1. The van der Waals surface area contributed by atoms with Crippen LogP contribution in [0.25, 0.3) is 0 Å². The first-order valence-corrected chi connectivity index (χ1v) is 9.35. The lowest BCUT2D eigenvalue weighted by Gasteiger charge is -2.17. The Hall–Kier alpha value is -1.15. The van der Waals surface area contributed by atoms with Crippen LogP contribution in [0.4, 0.5) is 0 Å². The summed E-state index contributed by atoms with van der Waals surface area (Å²) in [4.78, 5) is 12.1. The monoisotopic (exact) mass is 360 g/mol. The Bertz CT molecular complexity index is 657. The van der Waals surface area contributed by atoms with Gasteiger partial charge in [0.15, 0.2) is 0 Å². The van der Waals surface area contributed by atoms with E-state index in [0.717, 1.165) is 12.8 Å². The predicted octanol–water partition coefficient (Wildman–Crippen LogP) is 1.89. The third kappa shape index (κ3) is 4.44. The van der Waals surface area contributed by atoms with Gasteiger partial charge in [-0.05, 0) is 37.5 Å². The number of carbonyl (C=O) groups is 1. The van der Waals surface area contributed by atoms with Gasteiger partial charge >= 0.3 is 0 Å². The highest BCUT2D eigenvalue weighted by Gasteiger charge is 2.29. The van der Waals surface area contributed by atoms with Gasteiger partial charge in [-0.1, -0.05) is 11.6 Å². The van der Waals surface area contributed by atoms with E-state index in [1.165, 1.54) is 22.5 Å². The number of sulfonamides is 1. The van der Waals surface area contributed by atoms with Gasteiger partial charge in [0, 0.05) is 38.9 Å². The van der Waals surface area contributed by atoms with Crippen molar-refractivity contribution in [2.75, 3.05) is 33.4 Å². The van der Waals surface area contributed by atoms with Crippen molar-refractivity contribution in [1.82, 2.24) is 9.62 Å². The molecule has 1 N–H and O–H groups in total. The van der Waals surface area contributed by atoms with Crippen LogP contribution in [0.3, 0.4) is 0 Å². The molecule has 1 aliphatic rings. The lowest BCUT2D eigenvalue weighted by Crippen LogP contribution is -2.29. The molecule has 0 radical (unpaired) electrons. The zero-order valence-electron chi connectivity index (χ0n) is 13.0. The summed E-state index contributed by atoms with van der Waals surface area (Å²) in [6.07, 6.45) is 2.38. The fraction of sp³-hybridized carbons (Fsp3) is 0.533. The first-order valence-electron chi connectivity index (χ1n) is 7.53. The van der Waals surface area contributed by atoms with Crippen LogP contribution in [0.2, 0.25) is 5.02 Å². The van der Waals surface area contributed by atoms with Crippen molar-refractivity contribution in [2.24, 2.45) is 0 Å². The SMILES string of the molecule is COCCCNC(=O)c1ccc(Cl)c(S(=O)(=O)N2CCCC2)c1. The fourth-order valence-corrected chi connectivity index (χ4v) is 4.45. The molecule has 0 atom stereocenters. The minimum atomic E-state index is -3.65. The van der Waals surface area contributed by atoms with E-state index >= 15 is 0 Å². The molecule has 1 heterocycles. The summed E-state index contributed by atoms with van der Waals surface area (Å²) in [5.41, 5.74) is 0.282. The second-order valence-corrected chi connectivity index (χ2v) is 7.67. The molecule has 0 saturated carbocycles. The minimum absolute atomic E-state index is 0.00870. The molecule has 0 aromatic heterocycles. The molecule has 0 spiro atoms. The van der Waals surface area contributed by atoms with E-state index < -0.39 is 10.0 Å². The van der Waals surface area contributed by atoms with Gasteiger partial charge < -0.3 is 10.1 Å². The largest absolute Gasteiger partial charge is 0.385 e. The number of benzene rings is 1. The summed E-state index contributed by atoms with van der Waals surface area (Å²) in [5, 5.41) is 2.86. The average molecular weight is 361 g/mol. The lowest BCUT2D eigenvalue weighted by molar-refractivity contribution is 0.0948. The Balaban J connectivity index is 2.17. The van der Waals surface area contributed by atoms with Crippen molar-refractivity contribution in [1.29, 1.82) is 0 Å². The molecule has 8 heteroatoms. The van der Waals surface area contributed by atoms with Crippen LogP contribution in [0, 0.1) is 0 Å². The van der Waals surface area contributed by atoms with Crippen molar-refractivity contribution in [2.45, 2.75) is 24.2 Å². The third-order valence-electron chi connectivity index (χ3n) is 3.69. The highest BCUT2D eigenvalue weighted by Crippen LogP contribution is 2.28. The molecule has 1 amide bonds. The average Bonchev–Trinajstić information content (AvgIpc) is 3.07. The molecule has 1 saturated heterocycles. The molecule has 1 aliphatic heterocycles. The van der Waals surface area contributed by atoms with Crippen molar-refractivity contribution in [3.8, 4) is 0 Å². The number of amides is 1. The smallest absolute Gasteiger partial charge is 0.251 e. The van der Waals surface area contributed by atoms with Crippen LogP contribution in [-0.4, -0.2) is 52.0 Å². The molecule has 23 heavy (non-hydrogen) atoms. The van der Waals surface area contributed by atoms with Crippen molar-refractivity contribution >= 4 is 27.5 Å². The molecular formula is C15H21ClN2O4S. The molecule has 1 fully saturated rings. The van der Waals surface area contributed by atoms with Gasteiger partial charge in [0.05, 0.1) is 5.02 Å². The highest BCUT2D eigenvalue weighted by atomic mass is 35.5. The first-order chi connectivity index (χ1) is 11.0. The summed E-state index contributed by atoms with van der Waals surface area (Å²) in [6.45, 7) is 2.00. The quantitative estimate of drug-likeness (QED) is 0.753. The predicted molar refractivity (Wildman–Crippen MR) is 88.3 cm³/mol. The zero-order valence-corrected chi connectivity index (χ0v) is 14.6. The molecule has 0 bridgehead atoms. The van der Waals surface area contributed by atoms with Crippen LogP contribution >= 0.6 is 11.6 Å². The first kappa shape index (κ1) is 18.2. The van der Waals surface area contributed by atoms with Crippen LogP contribution in [0.5, 0.6) is 0 Å². The maximum absolute atomic E-state index is 12.6. The minimum Gasteiger partial charge on any atom is -0.385 e. The molecular weight excluding hydrogens is 340 g/mol. The van der Waals surface area contributed by atoms with E-state index in [2.05, 4.69) is 5.32 Å². The summed E-state index contributed by atoms with van der Waals surface area (Å²) in [5.74, 6) is -0.323. The van der Waals surface area contributed by atoms with Crippen LogP contribution in [0.15, 0.2) is 23.1 Å². The normalized spacial score (nSPS) is 15.7. The number of nitrogens with one attached hydrogen (secondary N) is 1. The molecule has 128 valence electrons. The number of carbonyl (C=O) groups excluding carboxylic acids is 1. The van der Waals surface area contributed by atoms with Crippen LogP contribution in [0.1, 0.15) is 29.6 Å². The molecule has 2 rings (SSSR count). The lowest BCUT2D eigenvalue weighted by atomic mass is 10.2. The standard InChI is InChI=1S/C15H21ClN2O4S/c1-22-10-4-7-17-15(19)12-5-6-13(16)14(11-12)23(20,21)18-8-2-3-9-18/h5-6,11H,2-4,7-10H2,1H3,(H,17,19). The summed E-state index contributed by atoms with van der Waals surface area (Å²) in [7, 11) is -2.06. The number of ether oxygens (including phenoxy) is 1. The molecule has 1 aromatic carbocycles. The number of rotatable bonds is 7. The van der Waals surface area contributed by atoms with Crippen molar-refractivity contribution < 1.29 is 17.9 Å². The highest BCUT2D eigenvalue weighted by molar-refractivity contribution is 7.89. The van der Waals surface area contributed by atoms with Crippen molar-refractivity contribution in [3.05, 3.63) is 28.8 Å². The van der Waals surface area contributed by atoms with Gasteiger partial charge in [-0.3, -0.25) is 4.79 Å². The van der Waals surface area contributed by atoms with Gasteiger partial charge in [-0.15, -0.1) is 0 Å². The molecule has 6 nitrogen and oxygen atoms in total. The number of halogens is 1. The summed E-state index contributed by atoms with van der Waals surface area (Å²) >= 11 is 6.06. The second kappa shape index (κ2) is 8.10. The Morgan fingerprint density at radius 2 is 2.04 bits per heavy atom. The van der Waals surface area contributed by atoms with Crippen LogP contribution in [-0.2, 0) is 14.8 Å². The summed E-state index contributed by atoms with van der Waals surface area (Å²) in [6, 6.07) is 4.33. The van der Waals surface area contributed by atoms with Gasteiger partial charge in [0.1, 0.15) is 4.90 Å². The Morgan fingerprint density at radius 1 is 1.35 bits per heavy atom. The fourth-order valence-electron chi connectivity index (χ4n) is 2.43. The number of hydrogen-bond acceptors (Lipinski definition) is 4. The Morgan fingerprint density at radius 3 is 2.70 bits per heavy atom. The second-order valence-electron chi connectivity index (χ2n) is 5.36. The Kier molecular flexibility index (Phi) is 6.41. The maximum Gasteiger partial charge on any atom is 0.251 e. The number of hydrogen-bond donors (Lipinski definition) is 1. The molecule has 0 aliphatic carbocycles.